The van der Waals surface area contributed by atoms with Crippen LogP contribution in [0.2, 0.25) is 0 Å². The summed E-state index contributed by atoms with van der Waals surface area (Å²) < 4.78 is 1.46. The Hall–Kier alpha value is -2.02. The molecule has 0 aliphatic heterocycles. The van der Waals surface area contributed by atoms with Gasteiger partial charge in [-0.1, -0.05) is 0 Å². The molecule has 17 heavy (non-hydrogen) atoms. The lowest BCUT2D eigenvalue weighted by Gasteiger charge is -2.11. The van der Waals surface area contributed by atoms with Crippen LogP contribution in [0.25, 0.3) is 0 Å². The number of carbonyl (C=O) groups is 1. The third-order valence-electron chi connectivity index (χ3n) is 2.56. The molecule has 1 aromatic heterocycles. The number of nitrogens with zero attached hydrogens (tertiary/aromatic N) is 1. The van der Waals surface area contributed by atoms with E-state index in [1.807, 2.05) is 0 Å². The van der Waals surface area contributed by atoms with Crippen LogP contribution in [-0.4, -0.2) is 15.6 Å². The number of pyridine rings is 1. The van der Waals surface area contributed by atoms with E-state index in [0.717, 1.165) is 5.69 Å². The molecule has 90 valence electrons. The lowest BCUT2D eigenvalue weighted by atomic mass is 10.1. The summed E-state index contributed by atoms with van der Waals surface area (Å²) in [6, 6.07) is 1.71. The standard InChI is InChI=1S/C13H15NO3/c1-4-5-6-7-14-10(3)8-9(2)11(12(14)15)13(16)17/h8H,6-7H2,1-3H3,(H,16,17). The van der Waals surface area contributed by atoms with Gasteiger partial charge in [0, 0.05) is 18.7 Å². The molecule has 4 heteroatoms. The van der Waals surface area contributed by atoms with Gasteiger partial charge in [0.25, 0.3) is 5.56 Å². The fourth-order valence-electron chi connectivity index (χ4n) is 1.76. The van der Waals surface area contributed by atoms with Gasteiger partial charge in [0.05, 0.1) is 0 Å². The number of aryl methyl sites for hydroxylation is 2. The van der Waals surface area contributed by atoms with Crippen molar-refractivity contribution in [2.45, 2.75) is 33.7 Å². The van der Waals surface area contributed by atoms with Gasteiger partial charge in [-0.3, -0.25) is 4.79 Å². The van der Waals surface area contributed by atoms with Crippen LogP contribution >= 0.6 is 0 Å². The average Bonchev–Trinajstić information content (AvgIpc) is 2.21. The van der Waals surface area contributed by atoms with Gasteiger partial charge >= 0.3 is 5.97 Å². The zero-order chi connectivity index (χ0) is 13.0. The molecule has 0 amide bonds. The largest absolute Gasteiger partial charge is 0.477 e. The second-order valence-corrected chi connectivity index (χ2v) is 3.78. The molecule has 0 radical (unpaired) electrons. The Kier molecular flexibility index (Phi) is 4.11. The predicted octanol–water partition coefficient (Wildman–Crippen LogP) is 1.58. The van der Waals surface area contributed by atoms with Gasteiger partial charge in [0.15, 0.2) is 0 Å². The smallest absolute Gasteiger partial charge is 0.341 e. The van der Waals surface area contributed by atoms with Gasteiger partial charge in [-0.2, -0.15) is 0 Å². The summed E-state index contributed by atoms with van der Waals surface area (Å²) in [6.45, 7) is 5.58. The zero-order valence-electron chi connectivity index (χ0n) is 10.2. The molecule has 0 aliphatic rings. The fraction of sp³-hybridized carbons (Fsp3) is 0.385. The van der Waals surface area contributed by atoms with E-state index in [9.17, 15) is 9.59 Å². The number of aromatic nitrogens is 1. The zero-order valence-corrected chi connectivity index (χ0v) is 10.2. The second-order valence-electron chi connectivity index (χ2n) is 3.78. The Morgan fingerprint density at radius 2 is 2.12 bits per heavy atom. The van der Waals surface area contributed by atoms with Crippen LogP contribution in [0.15, 0.2) is 10.9 Å². The van der Waals surface area contributed by atoms with Gasteiger partial charge in [-0.05, 0) is 32.4 Å². The minimum atomic E-state index is -1.18. The number of rotatable bonds is 3. The van der Waals surface area contributed by atoms with Crippen molar-refractivity contribution in [3.05, 3.63) is 33.2 Å². The minimum Gasteiger partial charge on any atom is -0.477 e. The Labute approximate surface area is 99.9 Å². The van der Waals surface area contributed by atoms with Gasteiger partial charge < -0.3 is 9.67 Å². The summed E-state index contributed by atoms with van der Waals surface area (Å²) in [4.78, 5) is 23.0. The first-order valence-corrected chi connectivity index (χ1v) is 5.33. The molecule has 0 bridgehead atoms. The van der Waals surface area contributed by atoms with Gasteiger partial charge in [-0.15, -0.1) is 11.8 Å². The van der Waals surface area contributed by atoms with Crippen LogP contribution in [-0.2, 0) is 6.54 Å². The average molecular weight is 233 g/mol. The van der Waals surface area contributed by atoms with Crippen molar-refractivity contribution in [1.29, 1.82) is 0 Å². The van der Waals surface area contributed by atoms with Crippen LogP contribution in [0, 0.1) is 25.7 Å². The first-order chi connectivity index (χ1) is 7.99. The lowest BCUT2D eigenvalue weighted by Crippen LogP contribution is -2.29. The SMILES string of the molecule is CC#CCCn1c(C)cc(C)c(C(=O)O)c1=O. The molecule has 0 fully saturated rings. The Balaban J connectivity index is 3.29. The van der Waals surface area contributed by atoms with Crippen LogP contribution in [0.4, 0.5) is 0 Å². The monoisotopic (exact) mass is 233 g/mol. The molecule has 1 aromatic rings. The summed E-state index contributed by atoms with van der Waals surface area (Å²) in [7, 11) is 0. The summed E-state index contributed by atoms with van der Waals surface area (Å²) in [5.41, 5.74) is 0.654. The number of hydrogen-bond donors (Lipinski definition) is 1. The van der Waals surface area contributed by atoms with Crippen molar-refractivity contribution >= 4 is 5.97 Å². The second kappa shape index (κ2) is 5.35. The molecule has 0 unspecified atom stereocenters. The van der Waals surface area contributed by atoms with E-state index < -0.39 is 11.5 Å². The summed E-state index contributed by atoms with van der Waals surface area (Å²) >= 11 is 0. The molecular weight excluding hydrogens is 218 g/mol. The highest BCUT2D eigenvalue weighted by Gasteiger charge is 2.15. The Morgan fingerprint density at radius 3 is 2.65 bits per heavy atom. The van der Waals surface area contributed by atoms with Crippen molar-refractivity contribution in [2.24, 2.45) is 0 Å². The number of hydrogen-bond acceptors (Lipinski definition) is 2. The Morgan fingerprint density at radius 1 is 1.47 bits per heavy atom. The molecule has 0 spiro atoms. The van der Waals surface area contributed by atoms with Crippen LogP contribution in [0.3, 0.4) is 0 Å². The Bertz CT molecular complexity index is 558. The lowest BCUT2D eigenvalue weighted by molar-refractivity contribution is 0.0693. The first-order valence-electron chi connectivity index (χ1n) is 5.33. The number of carboxylic acid groups (broad SMARTS) is 1. The van der Waals surface area contributed by atoms with Crippen molar-refractivity contribution in [1.82, 2.24) is 4.57 Å². The van der Waals surface area contributed by atoms with Crippen molar-refractivity contribution in [3.8, 4) is 11.8 Å². The normalized spacial score (nSPS) is 9.59. The third kappa shape index (κ3) is 2.76. The molecule has 4 nitrogen and oxygen atoms in total. The fourth-order valence-corrected chi connectivity index (χ4v) is 1.76. The number of carboxylic acids is 1. The highest BCUT2D eigenvalue weighted by Crippen LogP contribution is 2.06. The maximum Gasteiger partial charge on any atom is 0.341 e. The van der Waals surface area contributed by atoms with E-state index in [2.05, 4.69) is 11.8 Å². The molecule has 1 rings (SSSR count). The molecule has 0 saturated heterocycles. The molecule has 1 heterocycles. The van der Waals surface area contributed by atoms with Crippen molar-refractivity contribution in [2.75, 3.05) is 0 Å². The van der Waals surface area contributed by atoms with Crippen LogP contribution in [0.1, 0.15) is 35.0 Å². The maximum atomic E-state index is 12.0. The van der Waals surface area contributed by atoms with Crippen molar-refractivity contribution < 1.29 is 9.90 Å². The molecule has 0 saturated carbocycles. The van der Waals surface area contributed by atoms with Crippen molar-refractivity contribution in [3.63, 3.8) is 0 Å². The highest BCUT2D eigenvalue weighted by atomic mass is 16.4. The highest BCUT2D eigenvalue weighted by molar-refractivity contribution is 5.88. The van der Waals surface area contributed by atoms with Crippen LogP contribution in [0.5, 0.6) is 0 Å². The van der Waals surface area contributed by atoms with E-state index in [1.165, 1.54) is 4.57 Å². The molecule has 0 aliphatic carbocycles. The molecule has 0 aromatic carbocycles. The molecular formula is C13H15NO3. The van der Waals surface area contributed by atoms with E-state index in [4.69, 9.17) is 5.11 Å². The van der Waals surface area contributed by atoms with Gasteiger partial charge in [-0.25, -0.2) is 4.79 Å². The maximum absolute atomic E-state index is 12.0. The van der Waals surface area contributed by atoms with E-state index in [0.29, 0.717) is 18.5 Å². The van der Waals surface area contributed by atoms with Gasteiger partial charge in [0.2, 0.25) is 0 Å². The third-order valence-corrected chi connectivity index (χ3v) is 2.56. The molecule has 0 atom stereocenters. The van der Waals surface area contributed by atoms with Crippen LogP contribution < -0.4 is 5.56 Å². The summed E-state index contributed by atoms with van der Waals surface area (Å²) in [6.07, 6.45) is 0.541. The summed E-state index contributed by atoms with van der Waals surface area (Å²) in [5, 5.41) is 8.99. The first kappa shape index (κ1) is 13.0. The topological polar surface area (TPSA) is 59.3 Å². The van der Waals surface area contributed by atoms with Gasteiger partial charge in [0.1, 0.15) is 5.56 Å². The van der Waals surface area contributed by atoms with E-state index >= 15 is 0 Å². The number of aromatic carboxylic acids is 1. The predicted molar refractivity (Wildman–Crippen MR) is 65.2 cm³/mol. The van der Waals surface area contributed by atoms with E-state index in [-0.39, 0.29) is 5.56 Å². The summed E-state index contributed by atoms with van der Waals surface area (Å²) in [5.74, 6) is 4.42. The quantitative estimate of drug-likeness (QED) is 0.806. The van der Waals surface area contributed by atoms with E-state index in [1.54, 1.807) is 26.8 Å². The molecule has 1 N–H and O–H groups in total. The minimum absolute atomic E-state index is 0.153.